The second kappa shape index (κ2) is 7.99. The molecule has 0 spiro atoms. The molecule has 1 N–H and O–H groups in total. The van der Waals surface area contributed by atoms with Crippen molar-refractivity contribution in [3.05, 3.63) is 59.7 Å². The summed E-state index contributed by atoms with van der Waals surface area (Å²) in [7, 11) is 3.17. The topological polar surface area (TPSA) is 47.9 Å². The van der Waals surface area contributed by atoms with E-state index in [-0.39, 0.29) is 6.61 Å². The molecular formula is C19H24O4. The van der Waals surface area contributed by atoms with Crippen LogP contribution >= 0.6 is 0 Å². The molecule has 0 aliphatic rings. The van der Waals surface area contributed by atoms with Gasteiger partial charge in [-0.15, -0.1) is 0 Å². The predicted octanol–water partition coefficient (Wildman–Crippen LogP) is 3.17. The maximum atomic E-state index is 10.8. The summed E-state index contributed by atoms with van der Waals surface area (Å²) in [5.74, 6) is 1.29. The Hall–Kier alpha value is -2.04. The van der Waals surface area contributed by atoms with Gasteiger partial charge < -0.3 is 19.3 Å². The summed E-state index contributed by atoms with van der Waals surface area (Å²) in [4.78, 5) is 0. The van der Waals surface area contributed by atoms with Crippen LogP contribution in [0.25, 0.3) is 0 Å². The van der Waals surface area contributed by atoms with Crippen molar-refractivity contribution >= 4 is 0 Å². The third-order valence-electron chi connectivity index (χ3n) is 3.75. The van der Waals surface area contributed by atoms with E-state index in [1.165, 1.54) is 5.56 Å². The van der Waals surface area contributed by atoms with Crippen molar-refractivity contribution in [1.29, 1.82) is 0 Å². The first kappa shape index (κ1) is 17.3. The summed E-state index contributed by atoms with van der Waals surface area (Å²) in [5, 5.41) is 10.8. The molecule has 0 aromatic heterocycles. The number of rotatable bonds is 8. The Labute approximate surface area is 137 Å². The van der Waals surface area contributed by atoms with Crippen molar-refractivity contribution < 1.29 is 19.3 Å². The van der Waals surface area contributed by atoms with Crippen molar-refractivity contribution in [1.82, 2.24) is 0 Å². The lowest BCUT2D eigenvalue weighted by atomic mass is 9.95. The van der Waals surface area contributed by atoms with E-state index in [4.69, 9.17) is 14.2 Å². The van der Waals surface area contributed by atoms with Crippen LogP contribution in [-0.2, 0) is 16.8 Å². The molecule has 0 saturated carbocycles. The summed E-state index contributed by atoms with van der Waals surface area (Å²) in [6.07, 6.45) is 0.812. The minimum atomic E-state index is -1.16. The smallest absolute Gasteiger partial charge is 0.125 e. The zero-order valence-electron chi connectivity index (χ0n) is 13.9. The Balaban J connectivity index is 1.98. The molecule has 4 heteroatoms. The van der Waals surface area contributed by atoms with Crippen LogP contribution in [0.4, 0.5) is 0 Å². The first-order valence-corrected chi connectivity index (χ1v) is 7.63. The van der Waals surface area contributed by atoms with Gasteiger partial charge in [0.1, 0.15) is 17.1 Å². The maximum Gasteiger partial charge on any atom is 0.125 e. The molecule has 0 aliphatic heterocycles. The molecular weight excluding hydrogens is 292 g/mol. The van der Waals surface area contributed by atoms with E-state index >= 15 is 0 Å². The number of methoxy groups -OCH3 is 2. The molecule has 2 rings (SSSR count). The van der Waals surface area contributed by atoms with E-state index in [1.807, 2.05) is 18.2 Å². The molecule has 4 nitrogen and oxygen atoms in total. The molecule has 0 radical (unpaired) electrons. The normalized spacial score (nSPS) is 13.4. The van der Waals surface area contributed by atoms with Crippen LogP contribution < -0.4 is 9.47 Å². The molecule has 2 aromatic carbocycles. The van der Waals surface area contributed by atoms with Crippen LogP contribution in [0.5, 0.6) is 11.5 Å². The highest BCUT2D eigenvalue weighted by Gasteiger charge is 2.28. The summed E-state index contributed by atoms with van der Waals surface area (Å²) in [6, 6.07) is 15.5. The van der Waals surface area contributed by atoms with Crippen LogP contribution in [0.3, 0.4) is 0 Å². The Bertz CT molecular complexity index is 608. The van der Waals surface area contributed by atoms with Crippen molar-refractivity contribution in [2.24, 2.45) is 0 Å². The average molecular weight is 316 g/mol. The van der Waals surface area contributed by atoms with E-state index in [2.05, 4.69) is 12.1 Å². The summed E-state index contributed by atoms with van der Waals surface area (Å²) in [6.45, 7) is 2.45. The highest BCUT2D eigenvalue weighted by molar-refractivity contribution is 5.43. The van der Waals surface area contributed by atoms with Crippen LogP contribution in [0, 0.1) is 0 Å². The van der Waals surface area contributed by atoms with Crippen LogP contribution in [0.1, 0.15) is 18.1 Å². The van der Waals surface area contributed by atoms with Gasteiger partial charge in [-0.1, -0.05) is 30.3 Å². The number of benzene rings is 2. The maximum absolute atomic E-state index is 10.8. The summed E-state index contributed by atoms with van der Waals surface area (Å²) >= 11 is 0. The lowest BCUT2D eigenvalue weighted by molar-refractivity contribution is -0.0383. The quantitative estimate of drug-likeness (QED) is 0.760. The summed E-state index contributed by atoms with van der Waals surface area (Å²) in [5.41, 5.74) is 0.710. The largest absolute Gasteiger partial charge is 0.497 e. The van der Waals surface area contributed by atoms with Gasteiger partial charge in [-0.05, 0) is 37.1 Å². The predicted molar refractivity (Wildman–Crippen MR) is 90.1 cm³/mol. The molecule has 1 unspecified atom stereocenters. The minimum absolute atomic E-state index is 0.184. The number of hydrogen-bond acceptors (Lipinski definition) is 4. The molecule has 2 aromatic rings. The molecule has 0 heterocycles. The Morgan fingerprint density at radius 3 is 2.39 bits per heavy atom. The molecule has 1 atom stereocenters. The fourth-order valence-electron chi connectivity index (χ4n) is 2.42. The average Bonchev–Trinajstić information content (AvgIpc) is 2.59. The fourth-order valence-corrected chi connectivity index (χ4v) is 2.42. The van der Waals surface area contributed by atoms with Crippen LogP contribution in [0.2, 0.25) is 0 Å². The molecule has 23 heavy (non-hydrogen) atoms. The van der Waals surface area contributed by atoms with E-state index in [9.17, 15) is 5.11 Å². The van der Waals surface area contributed by atoms with Gasteiger partial charge in [0.15, 0.2) is 0 Å². The molecule has 0 saturated heterocycles. The molecule has 0 fully saturated rings. The number of hydrogen-bond donors (Lipinski definition) is 1. The number of aliphatic hydroxyl groups is 1. The zero-order chi connectivity index (χ0) is 16.7. The second-order valence-corrected chi connectivity index (χ2v) is 5.63. The van der Waals surface area contributed by atoms with Gasteiger partial charge in [0.05, 0.1) is 27.4 Å². The minimum Gasteiger partial charge on any atom is -0.497 e. The van der Waals surface area contributed by atoms with Crippen molar-refractivity contribution in [2.75, 3.05) is 27.4 Å². The standard InChI is InChI=1S/C19H24O4/c1-19(20,14-23-12-11-15-7-5-4-6-8-15)17-13-16(21-2)9-10-18(17)22-3/h4-10,13,20H,11-12,14H2,1-3H3. The van der Waals surface area contributed by atoms with Gasteiger partial charge in [-0.3, -0.25) is 0 Å². The van der Waals surface area contributed by atoms with Gasteiger partial charge >= 0.3 is 0 Å². The molecule has 0 bridgehead atoms. The van der Waals surface area contributed by atoms with E-state index < -0.39 is 5.60 Å². The number of ether oxygens (including phenoxy) is 3. The SMILES string of the molecule is COc1ccc(OC)c(C(C)(O)COCCc2ccccc2)c1. The van der Waals surface area contributed by atoms with Crippen LogP contribution in [0.15, 0.2) is 48.5 Å². The van der Waals surface area contributed by atoms with Crippen molar-refractivity contribution in [2.45, 2.75) is 18.9 Å². The lowest BCUT2D eigenvalue weighted by Crippen LogP contribution is -2.29. The zero-order valence-corrected chi connectivity index (χ0v) is 13.9. The van der Waals surface area contributed by atoms with Gasteiger partial charge in [0, 0.05) is 5.56 Å². The highest BCUT2D eigenvalue weighted by atomic mass is 16.5. The lowest BCUT2D eigenvalue weighted by Gasteiger charge is -2.26. The second-order valence-electron chi connectivity index (χ2n) is 5.63. The summed E-state index contributed by atoms with van der Waals surface area (Å²) < 4.78 is 16.2. The third-order valence-corrected chi connectivity index (χ3v) is 3.75. The van der Waals surface area contributed by atoms with E-state index in [0.717, 1.165) is 6.42 Å². The van der Waals surface area contributed by atoms with E-state index in [1.54, 1.807) is 39.3 Å². The van der Waals surface area contributed by atoms with Gasteiger partial charge in [-0.25, -0.2) is 0 Å². The van der Waals surface area contributed by atoms with Crippen molar-refractivity contribution in [3.8, 4) is 11.5 Å². The third kappa shape index (κ3) is 4.71. The monoisotopic (exact) mass is 316 g/mol. The van der Waals surface area contributed by atoms with Crippen molar-refractivity contribution in [3.63, 3.8) is 0 Å². The van der Waals surface area contributed by atoms with Gasteiger partial charge in [0.2, 0.25) is 0 Å². The first-order valence-electron chi connectivity index (χ1n) is 7.63. The Morgan fingerprint density at radius 2 is 1.74 bits per heavy atom. The Morgan fingerprint density at radius 1 is 1.00 bits per heavy atom. The molecule has 0 amide bonds. The highest BCUT2D eigenvalue weighted by Crippen LogP contribution is 2.33. The molecule has 124 valence electrons. The fraction of sp³-hybridized carbons (Fsp3) is 0.368. The van der Waals surface area contributed by atoms with Crippen LogP contribution in [-0.4, -0.2) is 32.5 Å². The Kier molecular flexibility index (Phi) is 6.02. The van der Waals surface area contributed by atoms with E-state index in [0.29, 0.717) is 23.7 Å². The van der Waals surface area contributed by atoms with Gasteiger partial charge in [-0.2, -0.15) is 0 Å². The van der Waals surface area contributed by atoms with Gasteiger partial charge in [0.25, 0.3) is 0 Å². The first-order chi connectivity index (χ1) is 11.1. The molecule has 0 aliphatic carbocycles.